The van der Waals surface area contributed by atoms with Gasteiger partial charge in [0, 0.05) is 36.5 Å². The van der Waals surface area contributed by atoms with E-state index in [1.54, 1.807) is 25.3 Å². The van der Waals surface area contributed by atoms with E-state index in [-0.39, 0.29) is 11.7 Å². The van der Waals surface area contributed by atoms with Gasteiger partial charge in [-0.2, -0.15) is 5.10 Å². The summed E-state index contributed by atoms with van der Waals surface area (Å²) >= 11 is 0. The van der Waals surface area contributed by atoms with E-state index in [0.717, 1.165) is 35.3 Å². The molecule has 1 N–H and O–H groups in total. The predicted molar refractivity (Wildman–Crippen MR) is 100 cm³/mol. The molecule has 0 atom stereocenters. The van der Waals surface area contributed by atoms with Crippen molar-refractivity contribution in [2.75, 3.05) is 5.32 Å². The number of rotatable bonds is 6. The highest BCUT2D eigenvalue weighted by molar-refractivity contribution is 5.90. The summed E-state index contributed by atoms with van der Waals surface area (Å²) in [7, 11) is 0. The van der Waals surface area contributed by atoms with Crippen LogP contribution in [-0.4, -0.2) is 20.7 Å². The molecule has 3 rings (SSSR count). The van der Waals surface area contributed by atoms with E-state index in [9.17, 15) is 9.18 Å². The van der Waals surface area contributed by atoms with E-state index in [4.69, 9.17) is 0 Å². The second-order valence-corrected chi connectivity index (χ2v) is 5.99. The Balaban J connectivity index is 2.04. The maximum absolute atomic E-state index is 13.3. The number of hydrogen-bond donors (Lipinski definition) is 1. The van der Waals surface area contributed by atoms with Crippen LogP contribution < -0.4 is 5.32 Å². The van der Waals surface area contributed by atoms with Gasteiger partial charge < -0.3 is 5.32 Å². The minimum atomic E-state index is -0.281. The van der Waals surface area contributed by atoms with Crippen LogP contribution in [0, 0.1) is 5.82 Å². The van der Waals surface area contributed by atoms with Crippen LogP contribution in [-0.2, 0) is 11.3 Å². The van der Waals surface area contributed by atoms with Crippen molar-refractivity contribution in [2.45, 2.75) is 33.2 Å². The van der Waals surface area contributed by atoms with Crippen molar-refractivity contribution in [2.24, 2.45) is 0 Å². The van der Waals surface area contributed by atoms with Gasteiger partial charge in [0.15, 0.2) is 0 Å². The molecule has 5 nitrogen and oxygen atoms in total. The van der Waals surface area contributed by atoms with Crippen molar-refractivity contribution in [1.82, 2.24) is 14.8 Å². The van der Waals surface area contributed by atoms with Gasteiger partial charge in [0.05, 0.1) is 0 Å². The maximum atomic E-state index is 13.3. The van der Waals surface area contributed by atoms with E-state index in [2.05, 4.69) is 22.3 Å². The Morgan fingerprint density at radius 1 is 1.15 bits per heavy atom. The third-order valence-corrected chi connectivity index (χ3v) is 3.99. The fourth-order valence-corrected chi connectivity index (χ4v) is 2.69. The Morgan fingerprint density at radius 2 is 1.92 bits per heavy atom. The van der Waals surface area contributed by atoms with Gasteiger partial charge in [0.25, 0.3) is 0 Å². The van der Waals surface area contributed by atoms with E-state index in [0.29, 0.717) is 12.2 Å². The fraction of sp³-hybridized carbons (Fsp3) is 0.250. The number of carbonyl (C=O) groups is 1. The van der Waals surface area contributed by atoms with E-state index >= 15 is 0 Å². The molecule has 0 spiro atoms. The summed E-state index contributed by atoms with van der Waals surface area (Å²) in [6.07, 6.45) is 4.98. The summed E-state index contributed by atoms with van der Waals surface area (Å²) in [5.74, 6) is 0.134. The molecule has 0 aliphatic carbocycles. The lowest BCUT2D eigenvalue weighted by molar-refractivity contribution is -0.115. The molecule has 0 aliphatic rings. The first-order valence-electron chi connectivity index (χ1n) is 8.70. The van der Waals surface area contributed by atoms with Gasteiger partial charge in [-0.15, -0.1) is 0 Å². The van der Waals surface area contributed by atoms with Crippen LogP contribution in [0.15, 0.2) is 48.8 Å². The zero-order valence-corrected chi connectivity index (χ0v) is 14.9. The van der Waals surface area contributed by atoms with Crippen LogP contribution in [0.4, 0.5) is 10.2 Å². The molecular formula is C20H21FN4O. The van der Waals surface area contributed by atoms with Crippen molar-refractivity contribution in [3.05, 3.63) is 54.6 Å². The Labute approximate surface area is 151 Å². The van der Waals surface area contributed by atoms with Gasteiger partial charge in [-0.25, -0.2) is 9.37 Å². The molecule has 0 saturated heterocycles. The van der Waals surface area contributed by atoms with Gasteiger partial charge in [-0.1, -0.05) is 13.8 Å². The van der Waals surface area contributed by atoms with Gasteiger partial charge in [-0.05, 0) is 48.4 Å². The van der Waals surface area contributed by atoms with Crippen LogP contribution in [0.25, 0.3) is 22.4 Å². The third-order valence-electron chi connectivity index (χ3n) is 3.99. The molecule has 2 heterocycles. The summed E-state index contributed by atoms with van der Waals surface area (Å²) in [6.45, 7) is 4.67. The lowest BCUT2D eigenvalue weighted by atomic mass is 10.0. The van der Waals surface area contributed by atoms with Crippen LogP contribution in [0.2, 0.25) is 0 Å². The van der Waals surface area contributed by atoms with E-state index in [1.807, 2.05) is 23.0 Å². The molecule has 0 radical (unpaired) electrons. The summed E-state index contributed by atoms with van der Waals surface area (Å²) in [6, 6.07) is 10.0. The molecule has 0 saturated carbocycles. The number of halogens is 1. The number of carbonyl (C=O) groups excluding carboxylic acids is 1. The highest BCUT2D eigenvalue weighted by atomic mass is 19.1. The molecule has 3 aromatic rings. The van der Waals surface area contributed by atoms with Crippen LogP contribution in [0.5, 0.6) is 0 Å². The summed E-state index contributed by atoms with van der Waals surface area (Å²) in [4.78, 5) is 15.8. The molecule has 0 bridgehead atoms. The van der Waals surface area contributed by atoms with Crippen molar-refractivity contribution < 1.29 is 9.18 Å². The summed E-state index contributed by atoms with van der Waals surface area (Å²) in [5, 5.41) is 7.44. The SMILES string of the molecule is CCCn1cc(-c2ccnc(NC(=O)CC)c2)c(-c2ccc(F)cc2)n1. The fourth-order valence-electron chi connectivity index (χ4n) is 2.69. The molecule has 1 amide bonds. The van der Waals surface area contributed by atoms with Crippen molar-refractivity contribution in [3.63, 3.8) is 0 Å². The number of hydrogen-bond acceptors (Lipinski definition) is 3. The largest absolute Gasteiger partial charge is 0.311 e. The van der Waals surface area contributed by atoms with Gasteiger partial charge in [-0.3, -0.25) is 9.48 Å². The number of pyridine rings is 1. The molecule has 0 aliphatic heterocycles. The van der Waals surface area contributed by atoms with Crippen molar-refractivity contribution in [1.29, 1.82) is 0 Å². The second kappa shape index (κ2) is 7.91. The van der Waals surface area contributed by atoms with Crippen molar-refractivity contribution in [3.8, 4) is 22.4 Å². The van der Waals surface area contributed by atoms with E-state index in [1.165, 1.54) is 12.1 Å². The second-order valence-electron chi connectivity index (χ2n) is 5.99. The molecular weight excluding hydrogens is 331 g/mol. The van der Waals surface area contributed by atoms with E-state index < -0.39 is 0 Å². The zero-order chi connectivity index (χ0) is 18.5. The number of aryl methyl sites for hydroxylation is 1. The van der Waals surface area contributed by atoms with Gasteiger partial charge in [0.1, 0.15) is 17.3 Å². The number of anilines is 1. The highest BCUT2D eigenvalue weighted by Gasteiger charge is 2.14. The molecule has 6 heteroatoms. The smallest absolute Gasteiger partial charge is 0.225 e. The maximum Gasteiger partial charge on any atom is 0.225 e. The summed E-state index contributed by atoms with van der Waals surface area (Å²) in [5.41, 5.74) is 3.43. The first-order valence-corrected chi connectivity index (χ1v) is 8.70. The zero-order valence-electron chi connectivity index (χ0n) is 14.9. The first-order chi connectivity index (χ1) is 12.6. The van der Waals surface area contributed by atoms with Crippen LogP contribution in [0.3, 0.4) is 0 Å². The average Bonchev–Trinajstić information content (AvgIpc) is 3.07. The normalized spacial score (nSPS) is 10.7. The minimum absolute atomic E-state index is 0.0879. The average molecular weight is 352 g/mol. The van der Waals surface area contributed by atoms with Gasteiger partial charge in [0.2, 0.25) is 5.91 Å². The lowest BCUT2D eigenvalue weighted by Gasteiger charge is -2.06. The molecule has 0 unspecified atom stereocenters. The van der Waals surface area contributed by atoms with Crippen LogP contribution in [0.1, 0.15) is 26.7 Å². The first kappa shape index (κ1) is 17.8. The summed E-state index contributed by atoms with van der Waals surface area (Å²) < 4.78 is 15.2. The van der Waals surface area contributed by atoms with Crippen molar-refractivity contribution >= 4 is 11.7 Å². The van der Waals surface area contributed by atoms with Crippen LogP contribution >= 0.6 is 0 Å². The lowest BCUT2D eigenvalue weighted by Crippen LogP contribution is -2.10. The molecule has 26 heavy (non-hydrogen) atoms. The quantitative estimate of drug-likeness (QED) is 0.710. The monoisotopic (exact) mass is 352 g/mol. The number of benzene rings is 1. The molecule has 134 valence electrons. The Hall–Kier alpha value is -3.02. The number of aromatic nitrogens is 3. The molecule has 2 aromatic heterocycles. The predicted octanol–water partition coefficient (Wildman–Crippen LogP) is 4.51. The highest BCUT2D eigenvalue weighted by Crippen LogP contribution is 2.32. The molecule has 1 aromatic carbocycles. The number of amides is 1. The Bertz CT molecular complexity index is 902. The minimum Gasteiger partial charge on any atom is -0.311 e. The Kier molecular flexibility index (Phi) is 5.41. The topological polar surface area (TPSA) is 59.8 Å². The standard InChI is InChI=1S/C20H21FN4O/c1-3-11-25-13-17(20(24-25)14-5-7-16(21)8-6-14)15-9-10-22-18(12-15)23-19(26)4-2/h5-10,12-13H,3-4,11H2,1-2H3,(H,22,23,26). The number of nitrogens with zero attached hydrogens (tertiary/aromatic N) is 3. The van der Waals surface area contributed by atoms with Gasteiger partial charge >= 0.3 is 0 Å². The third kappa shape index (κ3) is 3.96. The number of nitrogens with one attached hydrogen (secondary N) is 1. The molecule has 0 fully saturated rings. The Morgan fingerprint density at radius 3 is 2.62 bits per heavy atom.